The van der Waals surface area contributed by atoms with E-state index in [1.54, 1.807) is 13.3 Å². The van der Waals surface area contributed by atoms with Crippen LogP contribution in [0.5, 0.6) is 5.75 Å². The molecule has 2 unspecified atom stereocenters. The van der Waals surface area contributed by atoms with Crippen molar-refractivity contribution in [3.63, 3.8) is 0 Å². The molecule has 4 heterocycles. The van der Waals surface area contributed by atoms with Gasteiger partial charge in [0.1, 0.15) is 11.9 Å². The average Bonchev–Trinajstić information content (AvgIpc) is 2.75. The van der Waals surface area contributed by atoms with E-state index in [1.807, 2.05) is 45.0 Å². The monoisotopic (exact) mass is 423 g/mol. The van der Waals surface area contributed by atoms with Gasteiger partial charge in [0.25, 0.3) is 0 Å². The summed E-state index contributed by atoms with van der Waals surface area (Å²) in [5.41, 5.74) is 1.47. The lowest BCUT2D eigenvalue weighted by Gasteiger charge is -2.51. The van der Waals surface area contributed by atoms with Crippen molar-refractivity contribution in [3.05, 3.63) is 48.7 Å². The van der Waals surface area contributed by atoms with Crippen LogP contribution in [0.25, 0.3) is 10.9 Å². The number of carbonyl (C=O) groups excluding carboxylic acids is 1. The summed E-state index contributed by atoms with van der Waals surface area (Å²) in [6, 6.07) is 7.94. The van der Waals surface area contributed by atoms with Crippen LogP contribution in [0, 0.1) is 11.8 Å². The van der Waals surface area contributed by atoms with Crippen molar-refractivity contribution < 1.29 is 14.3 Å². The van der Waals surface area contributed by atoms with Gasteiger partial charge in [0.05, 0.1) is 18.7 Å². The maximum atomic E-state index is 12.9. The molecule has 166 valence electrons. The van der Waals surface area contributed by atoms with E-state index >= 15 is 0 Å². The first kappa shape index (κ1) is 21.6. The van der Waals surface area contributed by atoms with Crippen LogP contribution in [0.3, 0.4) is 0 Å². The Balaban J connectivity index is 1.74. The van der Waals surface area contributed by atoms with E-state index in [2.05, 4.69) is 27.9 Å². The summed E-state index contributed by atoms with van der Waals surface area (Å²) >= 11 is 0. The molecule has 31 heavy (non-hydrogen) atoms. The van der Waals surface area contributed by atoms with Gasteiger partial charge < -0.3 is 14.8 Å². The number of piperidine rings is 3. The molecular formula is C25H33N3O3. The molecule has 0 spiro atoms. The molecule has 0 saturated carbocycles. The highest BCUT2D eigenvalue weighted by molar-refractivity contribution is 5.84. The molecule has 5 rings (SSSR count). The van der Waals surface area contributed by atoms with E-state index in [0.717, 1.165) is 41.7 Å². The van der Waals surface area contributed by atoms with Gasteiger partial charge in [-0.15, -0.1) is 6.58 Å². The molecule has 0 aliphatic carbocycles. The van der Waals surface area contributed by atoms with Gasteiger partial charge in [-0.2, -0.15) is 0 Å². The molecule has 6 heteroatoms. The average molecular weight is 424 g/mol. The van der Waals surface area contributed by atoms with E-state index in [9.17, 15) is 4.79 Å². The molecule has 1 N–H and O–H groups in total. The summed E-state index contributed by atoms with van der Waals surface area (Å²) < 4.78 is 11.6. The van der Waals surface area contributed by atoms with E-state index in [4.69, 9.17) is 9.47 Å². The zero-order valence-electron chi connectivity index (χ0n) is 18.9. The number of alkyl carbamates (subject to hydrolysis) is 1. The first-order valence-electron chi connectivity index (χ1n) is 11.1. The Morgan fingerprint density at radius 2 is 2.16 bits per heavy atom. The predicted octanol–water partition coefficient (Wildman–Crippen LogP) is 4.71. The Morgan fingerprint density at radius 1 is 1.35 bits per heavy atom. The van der Waals surface area contributed by atoms with Gasteiger partial charge in [0, 0.05) is 29.2 Å². The fourth-order valence-electron chi connectivity index (χ4n) is 5.01. The Kier molecular flexibility index (Phi) is 5.93. The van der Waals surface area contributed by atoms with Crippen molar-refractivity contribution in [2.24, 2.45) is 11.8 Å². The Hall–Kier alpha value is -2.60. The lowest BCUT2D eigenvalue weighted by molar-refractivity contribution is -0.0506. The summed E-state index contributed by atoms with van der Waals surface area (Å²) in [6.45, 7) is 11.9. The Bertz CT molecular complexity index is 968. The number of fused-ring (bicyclic) bond motifs is 4. The topological polar surface area (TPSA) is 63.7 Å². The minimum absolute atomic E-state index is 0.123. The third-order valence-electron chi connectivity index (χ3n) is 6.50. The minimum Gasteiger partial charge on any atom is -0.497 e. The minimum atomic E-state index is -0.395. The molecular weight excluding hydrogens is 390 g/mol. The maximum Gasteiger partial charge on any atom is 0.408 e. The number of benzene rings is 1. The van der Waals surface area contributed by atoms with Crippen LogP contribution in [0.4, 0.5) is 4.79 Å². The number of carbonyl (C=O) groups is 1. The van der Waals surface area contributed by atoms with Gasteiger partial charge in [-0.05, 0) is 76.3 Å². The lowest BCUT2D eigenvalue weighted by Crippen LogP contribution is -2.56. The normalized spacial score (nSPS) is 26.3. The van der Waals surface area contributed by atoms with Gasteiger partial charge in [-0.1, -0.05) is 6.08 Å². The number of pyridine rings is 1. The van der Waals surface area contributed by atoms with Crippen LogP contribution in [-0.4, -0.2) is 47.8 Å². The summed E-state index contributed by atoms with van der Waals surface area (Å²) in [5.74, 6) is 1.84. The third-order valence-corrected chi connectivity index (χ3v) is 6.50. The smallest absolute Gasteiger partial charge is 0.408 e. The van der Waals surface area contributed by atoms with Gasteiger partial charge >= 0.3 is 6.09 Å². The van der Waals surface area contributed by atoms with E-state index in [0.29, 0.717) is 11.8 Å². The number of amides is 1. The van der Waals surface area contributed by atoms with Crippen LogP contribution in [0.1, 0.15) is 45.3 Å². The fourth-order valence-corrected chi connectivity index (χ4v) is 5.01. The zero-order chi connectivity index (χ0) is 22.2. The second kappa shape index (κ2) is 8.50. The molecule has 1 aromatic carbocycles. The number of ether oxygens (including phenoxy) is 2. The van der Waals surface area contributed by atoms with Gasteiger partial charge in [-0.25, -0.2) is 4.79 Å². The summed E-state index contributed by atoms with van der Waals surface area (Å²) in [7, 11) is 1.66. The highest BCUT2D eigenvalue weighted by Crippen LogP contribution is 2.43. The van der Waals surface area contributed by atoms with E-state index in [-0.39, 0.29) is 11.6 Å². The number of aromatic nitrogens is 1. The van der Waals surface area contributed by atoms with Crippen LogP contribution >= 0.6 is 0 Å². The van der Waals surface area contributed by atoms with Crippen LogP contribution < -0.4 is 10.1 Å². The Labute approximate surface area is 184 Å². The fraction of sp³-hybridized carbons (Fsp3) is 0.520. The number of rotatable bonds is 5. The van der Waals surface area contributed by atoms with Crippen LogP contribution in [0.2, 0.25) is 0 Å². The van der Waals surface area contributed by atoms with Crippen molar-refractivity contribution in [3.8, 4) is 5.75 Å². The standard InChI is InChI=1S/C25H33N3O3/c1-6-16-15-28-12-10-17(16)13-22(28)23(31-24(29)27-25(2,3)4)19-9-11-26-21-8-7-18(30-5)14-20(19)21/h6-9,11,14,16-17,22-23H,1,10,12-13,15H2,2-5H3,(H,27,29)/t16-,17?,22+,23-/m0/s1. The van der Waals surface area contributed by atoms with Crippen LogP contribution in [0.15, 0.2) is 43.1 Å². The van der Waals surface area contributed by atoms with E-state index < -0.39 is 12.2 Å². The summed E-state index contributed by atoms with van der Waals surface area (Å²) in [5, 5.41) is 3.91. The number of hydrogen-bond acceptors (Lipinski definition) is 5. The van der Waals surface area contributed by atoms with E-state index in [1.165, 1.54) is 6.42 Å². The molecule has 3 saturated heterocycles. The molecule has 3 aliphatic rings. The van der Waals surface area contributed by atoms with Crippen molar-refractivity contribution in [1.82, 2.24) is 15.2 Å². The molecule has 2 bridgehead atoms. The molecule has 1 aromatic heterocycles. The Morgan fingerprint density at radius 3 is 2.81 bits per heavy atom. The second-order valence-electron chi connectivity index (χ2n) is 9.73. The van der Waals surface area contributed by atoms with Gasteiger partial charge in [0.15, 0.2) is 0 Å². The van der Waals surface area contributed by atoms with Crippen molar-refractivity contribution in [2.45, 2.75) is 51.3 Å². The first-order chi connectivity index (χ1) is 14.8. The number of nitrogens with one attached hydrogen (secondary N) is 1. The van der Waals surface area contributed by atoms with Gasteiger partial charge in [-0.3, -0.25) is 9.88 Å². The second-order valence-corrected chi connectivity index (χ2v) is 9.73. The van der Waals surface area contributed by atoms with Gasteiger partial charge in [0.2, 0.25) is 0 Å². The number of methoxy groups -OCH3 is 1. The van der Waals surface area contributed by atoms with Crippen LogP contribution in [-0.2, 0) is 4.74 Å². The molecule has 3 fully saturated rings. The summed E-state index contributed by atoms with van der Waals surface area (Å²) in [6.07, 6.45) is 5.24. The highest BCUT2D eigenvalue weighted by atomic mass is 16.6. The maximum absolute atomic E-state index is 12.9. The largest absolute Gasteiger partial charge is 0.497 e. The molecule has 0 radical (unpaired) electrons. The number of nitrogens with zero attached hydrogens (tertiary/aromatic N) is 2. The highest BCUT2D eigenvalue weighted by Gasteiger charge is 2.44. The van der Waals surface area contributed by atoms with Crippen molar-refractivity contribution >= 4 is 17.0 Å². The zero-order valence-corrected chi connectivity index (χ0v) is 18.9. The van der Waals surface area contributed by atoms with Crippen molar-refractivity contribution in [2.75, 3.05) is 20.2 Å². The molecule has 6 nitrogen and oxygen atoms in total. The molecule has 5 atom stereocenters. The SMILES string of the molecule is C=C[C@H]1CN2CCC1C[C@@H]2[C@@H](OC(=O)NC(C)(C)C)c1ccnc2ccc(OC)cc12. The van der Waals surface area contributed by atoms with Crippen molar-refractivity contribution in [1.29, 1.82) is 0 Å². The summed E-state index contributed by atoms with van der Waals surface area (Å²) in [4.78, 5) is 19.8. The molecule has 3 aliphatic heterocycles. The predicted molar refractivity (Wildman–Crippen MR) is 122 cm³/mol. The molecule has 2 aromatic rings. The molecule has 1 amide bonds. The first-order valence-corrected chi connectivity index (χ1v) is 11.1. The third kappa shape index (κ3) is 4.54. The quantitative estimate of drug-likeness (QED) is 0.706. The lowest BCUT2D eigenvalue weighted by atomic mass is 9.73. The number of hydrogen-bond donors (Lipinski definition) is 1.